The van der Waals surface area contributed by atoms with Crippen LogP contribution in [0.3, 0.4) is 0 Å². The monoisotopic (exact) mass is 244 g/mol. The summed E-state index contributed by atoms with van der Waals surface area (Å²) in [6.45, 7) is 3.30. The van der Waals surface area contributed by atoms with Crippen molar-refractivity contribution in [2.24, 2.45) is 0 Å². The highest BCUT2D eigenvalue weighted by molar-refractivity contribution is 7.94. The normalized spacial score (nSPS) is 39.0. The van der Waals surface area contributed by atoms with E-state index in [1.807, 2.05) is 0 Å². The Kier molecular flexibility index (Phi) is 3.37. The zero-order chi connectivity index (χ0) is 11.8. The molecule has 0 saturated carbocycles. The lowest BCUT2D eigenvalue weighted by molar-refractivity contribution is 0.166. The molecule has 0 bridgehead atoms. The van der Waals surface area contributed by atoms with Gasteiger partial charge in [-0.2, -0.15) is 0 Å². The van der Waals surface area contributed by atoms with Crippen LogP contribution in [0.5, 0.6) is 0 Å². The van der Waals surface area contributed by atoms with Gasteiger partial charge in [0.25, 0.3) is 0 Å². The van der Waals surface area contributed by atoms with Crippen molar-refractivity contribution in [3.63, 3.8) is 0 Å². The van der Waals surface area contributed by atoms with Gasteiger partial charge in [0.2, 0.25) is 0 Å². The van der Waals surface area contributed by atoms with Gasteiger partial charge < -0.3 is 10.2 Å². The minimum Gasteiger partial charge on any atom is -0.307 e. The van der Waals surface area contributed by atoms with Gasteiger partial charge in [0.15, 0.2) is 9.84 Å². The van der Waals surface area contributed by atoms with Gasteiger partial charge in [0.1, 0.15) is 0 Å². The third kappa shape index (κ3) is 2.84. The molecular formula is C11H20N2O2S. The summed E-state index contributed by atoms with van der Waals surface area (Å²) >= 11 is 0. The summed E-state index contributed by atoms with van der Waals surface area (Å²) in [5.41, 5.74) is 0. The average molecular weight is 244 g/mol. The van der Waals surface area contributed by atoms with Gasteiger partial charge >= 0.3 is 0 Å². The van der Waals surface area contributed by atoms with Crippen molar-refractivity contribution < 1.29 is 8.42 Å². The number of nitrogens with one attached hydrogen (secondary N) is 1. The molecule has 16 heavy (non-hydrogen) atoms. The van der Waals surface area contributed by atoms with E-state index >= 15 is 0 Å². The molecule has 0 amide bonds. The van der Waals surface area contributed by atoms with Crippen LogP contribution in [-0.2, 0) is 9.84 Å². The number of hydrogen-bond donors (Lipinski definition) is 1. The van der Waals surface area contributed by atoms with E-state index in [0.717, 1.165) is 19.4 Å². The topological polar surface area (TPSA) is 49.4 Å². The molecule has 2 aliphatic rings. The standard InChI is InChI=1S/C11H20N2O2S/c1-9-7-10(3-5-13(9)2)12-11-4-6-16(14,15)8-11/h4,6,9-12H,3,5,7-8H2,1-2H3. The van der Waals surface area contributed by atoms with Crippen LogP contribution in [0, 0.1) is 0 Å². The Hall–Kier alpha value is -0.390. The summed E-state index contributed by atoms with van der Waals surface area (Å²) < 4.78 is 22.5. The van der Waals surface area contributed by atoms with Crippen molar-refractivity contribution in [2.45, 2.75) is 37.9 Å². The molecule has 0 aromatic rings. The molecular weight excluding hydrogens is 224 g/mol. The second kappa shape index (κ2) is 4.47. The fourth-order valence-electron chi connectivity index (χ4n) is 2.42. The molecule has 1 saturated heterocycles. The molecule has 3 unspecified atom stereocenters. The van der Waals surface area contributed by atoms with Crippen LogP contribution in [0.2, 0.25) is 0 Å². The summed E-state index contributed by atoms with van der Waals surface area (Å²) in [5.74, 6) is 0.230. The van der Waals surface area contributed by atoms with E-state index in [4.69, 9.17) is 0 Å². The van der Waals surface area contributed by atoms with Gasteiger partial charge in [0, 0.05) is 23.5 Å². The van der Waals surface area contributed by atoms with Crippen molar-refractivity contribution in [1.82, 2.24) is 10.2 Å². The Balaban J connectivity index is 1.86. The minimum absolute atomic E-state index is 0.0191. The first kappa shape index (κ1) is 12.1. The van der Waals surface area contributed by atoms with E-state index in [1.165, 1.54) is 5.41 Å². The summed E-state index contributed by atoms with van der Waals surface area (Å²) in [6, 6.07) is 1.05. The smallest absolute Gasteiger partial charge is 0.173 e. The molecule has 0 aromatic heterocycles. The number of sulfone groups is 1. The van der Waals surface area contributed by atoms with Gasteiger partial charge in [-0.15, -0.1) is 0 Å². The van der Waals surface area contributed by atoms with Crippen LogP contribution in [0.15, 0.2) is 11.5 Å². The molecule has 1 fully saturated rings. The highest BCUT2D eigenvalue weighted by Gasteiger charge is 2.27. The van der Waals surface area contributed by atoms with Gasteiger partial charge in [0.05, 0.1) is 5.75 Å². The fourth-order valence-corrected chi connectivity index (χ4v) is 3.67. The quantitative estimate of drug-likeness (QED) is 0.762. The van der Waals surface area contributed by atoms with E-state index in [-0.39, 0.29) is 11.8 Å². The molecule has 0 aliphatic carbocycles. The third-order valence-electron chi connectivity index (χ3n) is 3.59. The maximum Gasteiger partial charge on any atom is 0.173 e. The molecule has 5 heteroatoms. The van der Waals surface area contributed by atoms with E-state index in [9.17, 15) is 8.42 Å². The maximum atomic E-state index is 11.3. The number of piperidine rings is 1. The second-order valence-corrected chi connectivity index (χ2v) is 6.91. The molecule has 0 spiro atoms. The fraction of sp³-hybridized carbons (Fsp3) is 0.818. The first-order valence-corrected chi connectivity index (χ1v) is 7.55. The minimum atomic E-state index is -2.92. The summed E-state index contributed by atoms with van der Waals surface area (Å²) in [7, 11) is -0.784. The highest BCUT2D eigenvalue weighted by atomic mass is 32.2. The van der Waals surface area contributed by atoms with Crippen molar-refractivity contribution >= 4 is 9.84 Å². The van der Waals surface area contributed by atoms with Gasteiger partial charge in [-0.05, 0) is 33.4 Å². The average Bonchev–Trinajstić information content (AvgIpc) is 2.52. The molecule has 3 atom stereocenters. The Morgan fingerprint density at radius 2 is 2.19 bits per heavy atom. The zero-order valence-corrected chi connectivity index (χ0v) is 10.7. The Bertz CT molecular complexity index is 377. The van der Waals surface area contributed by atoms with Crippen LogP contribution < -0.4 is 5.32 Å². The van der Waals surface area contributed by atoms with E-state index in [1.54, 1.807) is 6.08 Å². The molecule has 0 aromatic carbocycles. The van der Waals surface area contributed by atoms with Crippen LogP contribution in [0.4, 0.5) is 0 Å². The van der Waals surface area contributed by atoms with Gasteiger partial charge in [-0.1, -0.05) is 6.08 Å². The SMILES string of the molecule is CC1CC(NC2C=CS(=O)(=O)C2)CCN1C. The first-order chi connectivity index (χ1) is 7.46. The largest absolute Gasteiger partial charge is 0.307 e. The second-order valence-electron chi connectivity index (χ2n) is 4.98. The van der Waals surface area contributed by atoms with E-state index in [0.29, 0.717) is 12.1 Å². The van der Waals surface area contributed by atoms with Crippen LogP contribution >= 0.6 is 0 Å². The number of likely N-dealkylation sites (tertiary alicyclic amines) is 1. The lowest BCUT2D eigenvalue weighted by Gasteiger charge is -2.36. The summed E-state index contributed by atoms with van der Waals surface area (Å²) in [6.07, 6.45) is 3.98. The third-order valence-corrected chi connectivity index (χ3v) is 4.98. The van der Waals surface area contributed by atoms with E-state index < -0.39 is 9.84 Å². The van der Waals surface area contributed by atoms with Gasteiger partial charge in [-0.3, -0.25) is 0 Å². The Morgan fingerprint density at radius 3 is 2.75 bits per heavy atom. The van der Waals surface area contributed by atoms with Gasteiger partial charge in [-0.25, -0.2) is 8.42 Å². The van der Waals surface area contributed by atoms with Crippen molar-refractivity contribution in [3.8, 4) is 0 Å². The molecule has 1 N–H and O–H groups in total. The van der Waals surface area contributed by atoms with Crippen LogP contribution in [-0.4, -0.2) is 50.8 Å². The van der Waals surface area contributed by atoms with E-state index in [2.05, 4.69) is 24.2 Å². The Labute approximate surface area is 97.6 Å². The van der Waals surface area contributed by atoms with Crippen LogP contribution in [0.1, 0.15) is 19.8 Å². The lowest BCUT2D eigenvalue weighted by Crippen LogP contribution is -2.48. The Morgan fingerprint density at radius 1 is 1.44 bits per heavy atom. The zero-order valence-electron chi connectivity index (χ0n) is 9.89. The predicted molar refractivity (Wildman–Crippen MR) is 65.0 cm³/mol. The molecule has 2 rings (SSSR count). The first-order valence-electron chi connectivity index (χ1n) is 5.83. The van der Waals surface area contributed by atoms with Crippen molar-refractivity contribution in [3.05, 3.63) is 11.5 Å². The summed E-state index contributed by atoms with van der Waals surface area (Å²) in [4.78, 5) is 2.35. The molecule has 0 radical (unpaired) electrons. The van der Waals surface area contributed by atoms with Crippen LogP contribution in [0.25, 0.3) is 0 Å². The van der Waals surface area contributed by atoms with Crippen molar-refractivity contribution in [2.75, 3.05) is 19.3 Å². The number of nitrogens with zero attached hydrogens (tertiary/aromatic N) is 1. The molecule has 92 valence electrons. The number of rotatable bonds is 2. The molecule has 4 nitrogen and oxygen atoms in total. The lowest BCUT2D eigenvalue weighted by atomic mass is 9.98. The number of hydrogen-bond acceptors (Lipinski definition) is 4. The summed E-state index contributed by atoms with van der Waals surface area (Å²) in [5, 5.41) is 4.77. The molecule has 2 heterocycles. The molecule has 2 aliphatic heterocycles. The maximum absolute atomic E-state index is 11.3. The highest BCUT2D eigenvalue weighted by Crippen LogP contribution is 2.17. The predicted octanol–water partition coefficient (Wildman–Crippen LogP) is 0.369. The van der Waals surface area contributed by atoms with Crippen molar-refractivity contribution in [1.29, 1.82) is 0 Å².